The molecule has 0 radical (unpaired) electrons. The molecule has 0 unspecified atom stereocenters. The number of amides is 1. The third-order valence-electron chi connectivity index (χ3n) is 8.73. The van der Waals surface area contributed by atoms with E-state index in [2.05, 4.69) is 15.3 Å². The highest BCUT2D eigenvalue weighted by molar-refractivity contribution is 7.89. The number of hydrogen-bond acceptors (Lipinski definition) is 5. The van der Waals surface area contributed by atoms with Crippen molar-refractivity contribution in [3.05, 3.63) is 47.4 Å². The summed E-state index contributed by atoms with van der Waals surface area (Å²) in [5.41, 5.74) is 0.193. The lowest BCUT2D eigenvalue weighted by Gasteiger charge is -2.56. The number of halogens is 3. The molecule has 4 bridgehead atoms. The summed E-state index contributed by atoms with van der Waals surface area (Å²) in [6.07, 6.45) is 4.66. The van der Waals surface area contributed by atoms with Crippen LogP contribution in [0.1, 0.15) is 61.8 Å². The van der Waals surface area contributed by atoms with Crippen molar-refractivity contribution in [3.8, 4) is 0 Å². The number of benzene rings is 1. The van der Waals surface area contributed by atoms with Crippen LogP contribution in [0.2, 0.25) is 0 Å². The summed E-state index contributed by atoms with van der Waals surface area (Å²) in [6.45, 7) is -0.0505. The van der Waals surface area contributed by atoms with Crippen molar-refractivity contribution in [3.63, 3.8) is 0 Å². The summed E-state index contributed by atoms with van der Waals surface area (Å²) in [5.74, 6) is 2.57. The maximum absolute atomic E-state index is 13.1. The van der Waals surface area contributed by atoms with Crippen LogP contribution in [0.4, 0.5) is 19.0 Å². The van der Waals surface area contributed by atoms with Gasteiger partial charge in [0, 0.05) is 18.5 Å². The number of hydrogen-bond donors (Lipinski definition) is 1. The fraction of sp³-hybridized carbons (Fsp3) is 0.577. The molecule has 1 aromatic carbocycles. The van der Waals surface area contributed by atoms with E-state index < -0.39 is 26.7 Å². The topological polar surface area (TPSA) is 92.3 Å². The van der Waals surface area contributed by atoms with E-state index in [9.17, 15) is 26.4 Å². The van der Waals surface area contributed by atoms with Gasteiger partial charge in [-0.1, -0.05) is 6.07 Å². The molecule has 2 heterocycles. The second-order valence-corrected chi connectivity index (χ2v) is 13.3. The first-order valence-corrected chi connectivity index (χ1v) is 14.2. The number of aromatic nitrogens is 2. The minimum Gasteiger partial charge on any atom is -0.310 e. The van der Waals surface area contributed by atoms with Gasteiger partial charge in [-0.3, -0.25) is 4.79 Å². The van der Waals surface area contributed by atoms with Gasteiger partial charge in [0.15, 0.2) is 0 Å². The number of nitrogens with one attached hydrogen (secondary N) is 1. The monoisotopic (exact) mass is 534 g/mol. The molecule has 37 heavy (non-hydrogen) atoms. The molecular formula is C26H29F3N4O3S. The number of rotatable bonds is 5. The maximum Gasteiger partial charge on any atom is 0.416 e. The van der Waals surface area contributed by atoms with E-state index in [-0.39, 0.29) is 30.8 Å². The van der Waals surface area contributed by atoms with Gasteiger partial charge < -0.3 is 5.32 Å². The number of anilines is 1. The highest BCUT2D eigenvalue weighted by Crippen LogP contribution is 2.61. The van der Waals surface area contributed by atoms with Gasteiger partial charge in [-0.2, -0.15) is 17.5 Å². The molecular weight excluding hydrogens is 505 g/mol. The van der Waals surface area contributed by atoms with Gasteiger partial charge in [0.25, 0.3) is 0 Å². The zero-order valence-electron chi connectivity index (χ0n) is 20.3. The van der Waals surface area contributed by atoms with Gasteiger partial charge in [0.1, 0.15) is 12.1 Å². The summed E-state index contributed by atoms with van der Waals surface area (Å²) in [5, 5.41) is 2.97. The first-order chi connectivity index (χ1) is 17.5. The van der Waals surface area contributed by atoms with Crippen LogP contribution in [-0.4, -0.2) is 35.1 Å². The first kappa shape index (κ1) is 24.8. The lowest BCUT2D eigenvalue weighted by molar-refractivity contribution is -0.137. The van der Waals surface area contributed by atoms with Crippen molar-refractivity contribution in [2.24, 2.45) is 23.2 Å². The molecule has 2 aromatic rings. The van der Waals surface area contributed by atoms with Crippen LogP contribution >= 0.6 is 0 Å². The Kier molecular flexibility index (Phi) is 5.87. The molecule has 0 atom stereocenters. The Morgan fingerprint density at radius 1 is 1.08 bits per heavy atom. The molecule has 1 N–H and O–H groups in total. The molecule has 7 nitrogen and oxygen atoms in total. The Balaban J connectivity index is 1.17. The van der Waals surface area contributed by atoms with Gasteiger partial charge in [0.2, 0.25) is 15.9 Å². The third kappa shape index (κ3) is 4.65. The van der Waals surface area contributed by atoms with Gasteiger partial charge in [0.05, 0.1) is 22.7 Å². The molecule has 0 saturated heterocycles. The van der Waals surface area contributed by atoms with Crippen molar-refractivity contribution >= 4 is 21.7 Å². The average molecular weight is 535 g/mol. The predicted octanol–water partition coefficient (Wildman–Crippen LogP) is 4.79. The van der Waals surface area contributed by atoms with Crippen molar-refractivity contribution in [2.75, 3.05) is 11.9 Å². The molecule has 1 aliphatic heterocycles. The molecule has 1 amide bonds. The van der Waals surface area contributed by atoms with Crippen LogP contribution in [0, 0.1) is 23.2 Å². The van der Waals surface area contributed by atoms with Crippen LogP contribution in [-0.2, 0) is 34.0 Å². The molecule has 198 valence electrons. The Hall–Kier alpha value is -2.53. The SMILES string of the molecule is O=C(CC12CC3CC(CC(C3)C1)C2)Nc1ncnc2c1CCN(S(=O)(=O)c1cccc(C(F)(F)F)c1)C2. The van der Waals surface area contributed by atoms with E-state index in [4.69, 9.17) is 0 Å². The standard InChI is InChI=1S/C26H29F3N4O3S/c27-26(28,29)19-2-1-3-20(9-19)37(35,36)33-5-4-21-22(14-33)30-15-31-24(21)32-23(34)13-25-10-16-6-17(11-25)8-18(7-16)12-25/h1-3,9,15-18H,4-8,10-14H2,(H,30,31,32,34). The van der Waals surface area contributed by atoms with Gasteiger partial charge >= 0.3 is 6.18 Å². The number of alkyl halides is 3. The number of nitrogens with zero attached hydrogens (tertiary/aromatic N) is 3. The molecule has 7 rings (SSSR count). The number of carbonyl (C=O) groups excluding carboxylic acids is 1. The van der Waals surface area contributed by atoms with Crippen LogP contribution in [0.3, 0.4) is 0 Å². The summed E-state index contributed by atoms with van der Waals surface area (Å²) in [7, 11) is -4.17. The normalized spacial score (nSPS) is 29.2. The fourth-order valence-electron chi connectivity index (χ4n) is 7.65. The first-order valence-electron chi connectivity index (χ1n) is 12.8. The van der Waals surface area contributed by atoms with Crippen molar-refractivity contribution in [1.82, 2.24) is 14.3 Å². The highest BCUT2D eigenvalue weighted by atomic mass is 32.2. The summed E-state index contributed by atoms with van der Waals surface area (Å²) < 4.78 is 66.8. The van der Waals surface area contributed by atoms with E-state index in [0.29, 0.717) is 29.6 Å². The molecule has 5 aliphatic rings. The maximum atomic E-state index is 13.1. The van der Waals surface area contributed by atoms with E-state index in [1.165, 1.54) is 25.6 Å². The largest absolute Gasteiger partial charge is 0.416 e. The quantitative estimate of drug-likeness (QED) is 0.596. The minimum absolute atomic E-state index is 0.0524. The van der Waals surface area contributed by atoms with Gasteiger partial charge in [-0.05, 0) is 86.3 Å². The molecule has 0 spiro atoms. The Labute approximate surface area is 213 Å². The second-order valence-electron chi connectivity index (χ2n) is 11.4. The Morgan fingerprint density at radius 2 is 1.76 bits per heavy atom. The van der Waals surface area contributed by atoms with E-state index in [0.717, 1.165) is 59.5 Å². The van der Waals surface area contributed by atoms with E-state index in [1.54, 1.807) is 0 Å². The molecule has 4 fully saturated rings. The molecule has 4 aliphatic carbocycles. The number of sulfonamides is 1. The fourth-order valence-corrected chi connectivity index (χ4v) is 9.10. The van der Waals surface area contributed by atoms with E-state index >= 15 is 0 Å². The molecule has 4 saturated carbocycles. The average Bonchev–Trinajstić information content (AvgIpc) is 2.82. The van der Waals surface area contributed by atoms with Crippen molar-refractivity contribution < 1.29 is 26.4 Å². The summed E-state index contributed by atoms with van der Waals surface area (Å²) in [6, 6.07) is 3.75. The predicted molar refractivity (Wildman–Crippen MR) is 129 cm³/mol. The van der Waals surface area contributed by atoms with Crippen LogP contribution in [0.5, 0.6) is 0 Å². The lowest BCUT2D eigenvalue weighted by atomic mass is 9.49. The Bertz CT molecular complexity index is 1310. The van der Waals surface area contributed by atoms with Crippen molar-refractivity contribution in [1.29, 1.82) is 0 Å². The number of carbonyl (C=O) groups is 1. The lowest BCUT2D eigenvalue weighted by Crippen LogP contribution is -2.47. The minimum atomic E-state index is -4.64. The molecule has 11 heteroatoms. The van der Waals surface area contributed by atoms with Crippen LogP contribution in [0.25, 0.3) is 0 Å². The van der Waals surface area contributed by atoms with Crippen molar-refractivity contribution in [2.45, 2.75) is 69.0 Å². The smallest absolute Gasteiger partial charge is 0.310 e. The number of fused-ring (bicyclic) bond motifs is 1. The summed E-state index contributed by atoms with van der Waals surface area (Å²) in [4.78, 5) is 21.2. The van der Waals surface area contributed by atoms with Crippen LogP contribution < -0.4 is 5.32 Å². The third-order valence-corrected chi connectivity index (χ3v) is 10.6. The van der Waals surface area contributed by atoms with E-state index in [1.807, 2.05) is 0 Å². The van der Waals surface area contributed by atoms with Gasteiger partial charge in [-0.25, -0.2) is 18.4 Å². The zero-order chi connectivity index (χ0) is 26.0. The second kappa shape index (κ2) is 8.76. The van der Waals surface area contributed by atoms with Crippen LogP contribution in [0.15, 0.2) is 35.5 Å². The Morgan fingerprint density at radius 3 is 2.41 bits per heavy atom. The zero-order valence-corrected chi connectivity index (χ0v) is 21.1. The highest BCUT2D eigenvalue weighted by Gasteiger charge is 2.51. The summed E-state index contributed by atoms with van der Waals surface area (Å²) >= 11 is 0. The molecule has 1 aromatic heterocycles. The van der Waals surface area contributed by atoms with Gasteiger partial charge in [-0.15, -0.1) is 0 Å².